The third-order valence-corrected chi connectivity index (χ3v) is 1.63. The monoisotopic (exact) mass is 203 g/mol. The molecule has 0 atom stereocenters. The van der Waals surface area contributed by atoms with E-state index in [1.165, 1.54) is 12.8 Å². The summed E-state index contributed by atoms with van der Waals surface area (Å²) in [6, 6.07) is 0. The van der Waals surface area contributed by atoms with Gasteiger partial charge in [-0.2, -0.15) is 0 Å². The van der Waals surface area contributed by atoms with Gasteiger partial charge in [0.05, 0.1) is 0 Å². The van der Waals surface area contributed by atoms with E-state index in [-0.39, 0.29) is 5.91 Å². The molecule has 0 aliphatic heterocycles. The van der Waals surface area contributed by atoms with E-state index in [0.717, 1.165) is 13.0 Å². The van der Waals surface area contributed by atoms with Crippen LogP contribution >= 0.6 is 0 Å². The number of nitrogens with zero attached hydrogens (tertiary/aromatic N) is 1. The molecular weight excluding hydrogens is 174 g/mol. The normalized spacial score (nSPS) is 7.64. The van der Waals surface area contributed by atoms with Crippen LogP contribution in [0.25, 0.3) is 0 Å². The molecule has 0 saturated heterocycles. The van der Waals surface area contributed by atoms with Crippen molar-refractivity contribution in [2.24, 2.45) is 0 Å². The fourth-order valence-electron chi connectivity index (χ4n) is 0.756. The summed E-state index contributed by atoms with van der Waals surface area (Å²) in [6.45, 7) is 12.7. The standard InChI is InChI=1S/C8H17NO.2C2H6/c1-4-5-6-7-9(3)8(2)10;2*1-2/h4-7H2,1-3H3;2*1-2H3. The summed E-state index contributed by atoms with van der Waals surface area (Å²) in [7, 11) is 1.85. The Bertz CT molecular complexity index is 102. The summed E-state index contributed by atoms with van der Waals surface area (Å²) in [5.74, 6) is 0.163. The minimum Gasteiger partial charge on any atom is -0.346 e. The number of carbonyl (C=O) groups excluding carboxylic acids is 1. The molecule has 0 aromatic rings. The molecule has 0 aromatic heterocycles. The average Bonchev–Trinajstić information content (AvgIpc) is 2.24. The topological polar surface area (TPSA) is 20.3 Å². The second-order valence-corrected chi connectivity index (χ2v) is 2.65. The van der Waals surface area contributed by atoms with Crippen molar-refractivity contribution in [3.8, 4) is 0 Å². The first-order valence-electron chi connectivity index (χ1n) is 5.90. The summed E-state index contributed by atoms with van der Waals surface area (Å²) >= 11 is 0. The maximum absolute atomic E-state index is 10.7. The lowest BCUT2D eigenvalue weighted by molar-refractivity contribution is -0.127. The Hall–Kier alpha value is -0.530. The van der Waals surface area contributed by atoms with Crippen molar-refractivity contribution in [3.05, 3.63) is 0 Å². The number of hydrogen-bond donors (Lipinski definition) is 0. The average molecular weight is 203 g/mol. The zero-order valence-electron chi connectivity index (χ0n) is 11.2. The minimum absolute atomic E-state index is 0.163. The SMILES string of the molecule is CC.CC.CCCCCN(C)C(C)=O. The Kier molecular flexibility index (Phi) is 25.0. The highest BCUT2D eigenvalue weighted by atomic mass is 16.2. The summed E-state index contributed by atoms with van der Waals surface area (Å²) in [5.41, 5.74) is 0. The third-order valence-electron chi connectivity index (χ3n) is 1.63. The summed E-state index contributed by atoms with van der Waals surface area (Å²) < 4.78 is 0. The van der Waals surface area contributed by atoms with Crippen molar-refractivity contribution >= 4 is 5.91 Å². The molecule has 2 nitrogen and oxygen atoms in total. The lowest BCUT2D eigenvalue weighted by Crippen LogP contribution is -2.24. The van der Waals surface area contributed by atoms with Gasteiger partial charge in [0.15, 0.2) is 0 Å². The molecule has 0 unspecified atom stereocenters. The molecule has 0 aliphatic carbocycles. The summed E-state index contributed by atoms with van der Waals surface area (Å²) in [5, 5.41) is 0. The zero-order chi connectivity index (χ0) is 12.0. The van der Waals surface area contributed by atoms with E-state index in [2.05, 4.69) is 6.92 Å². The van der Waals surface area contributed by atoms with Crippen LogP contribution in [0.5, 0.6) is 0 Å². The van der Waals surface area contributed by atoms with E-state index in [1.54, 1.807) is 11.8 Å². The number of hydrogen-bond acceptors (Lipinski definition) is 1. The first kappa shape index (κ1) is 19.1. The maximum atomic E-state index is 10.7. The molecule has 0 radical (unpaired) electrons. The van der Waals surface area contributed by atoms with Gasteiger partial charge in [0, 0.05) is 20.5 Å². The highest BCUT2D eigenvalue weighted by molar-refractivity contribution is 5.72. The van der Waals surface area contributed by atoms with Gasteiger partial charge in [-0.3, -0.25) is 4.79 Å². The summed E-state index contributed by atoms with van der Waals surface area (Å²) in [6.07, 6.45) is 3.57. The highest BCUT2D eigenvalue weighted by Crippen LogP contribution is 1.95. The van der Waals surface area contributed by atoms with E-state index in [0.29, 0.717) is 0 Å². The molecule has 0 spiro atoms. The van der Waals surface area contributed by atoms with Crippen LogP contribution in [0.3, 0.4) is 0 Å². The van der Waals surface area contributed by atoms with Crippen molar-refractivity contribution in [2.75, 3.05) is 13.6 Å². The van der Waals surface area contributed by atoms with E-state index in [1.807, 2.05) is 34.7 Å². The van der Waals surface area contributed by atoms with E-state index in [4.69, 9.17) is 0 Å². The molecule has 0 N–H and O–H groups in total. The highest BCUT2D eigenvalue weighted by Gasteiger charge is 1.98. The van der Waals surface area contributed by atoms with Gasteiger partial charge < -0.3 is 4.90 Å². The van der Waals surface area contributed by atoms with E-state index >= 15 is 0 Å². The summed E-state index contributed by atoms with van der Waals surface area (Å²) in [4.78, 5) is 12.4. The van der Waals surface area contributed by atoms with Crippen molar-refractivity contribution in [3.63, 3.8) is 0 Å². The fourth-order valence-corrected chi connectivity index (χ4v) is 0.756. The lowest BCUT2D eigenvalue weighted by atomic mass is 10.2. The second kappa shape index (κ2) is 18.3. The van der Waals surface area contributed by atoms with Crippen molar-refractivity contribution in [1.82, 2.24) is 4.90 Å². The smallest absolute Gasteiger partial charge is 0.219 e. The Morgan fingerprint density at radius 2 is 1.50 bits per heavy atom. The first-order chi connectivity index (χ1) is 6.68. The van der Waals surface area contributed by atoms with Gasteiger partial charge in [-0.25, -0.2) is 0 Å². The fraction of sp³-hybridized carbons (Fsp3) is 0.917. The van der Waals surface area contributed by atoms with Crippen LogP contribution in [-0.4, -0.2) is 24.4 Å². The van der Waals surface area contributed by atoms with Crippen molar-refractivity contribution < 1.29 is 4.79 Å². The van der Waals surface area contributed by atoms with Gasteiger partial charge in [0.25, 0.3) is 0 Å². The van der Waals surface area contributed by atoms with Gasteiger partial charge in [0.2, 0.25) is 5.91 Å². The van der Waals surface area contributed by atoms with Crippen LogP contribution in [0.4, 0.5) is 0 Å². The molecule has 0 aliphatic rings. The number of rotatable bonds is 4. The van der Waals surface area contributed by atoms with Crippen LogP contribution < -0.4 is 0 Å². The molecule has 14 heavy (non-hydrogen) atoms. The van der Waals surface area contributed by atoms with Gasteiger partial charge in [-0.05, 0) is 6.42 Å². The number of unbranched alkanes of at least 4 members (excludes halogenated alkanes) is 2. The number of amides is 1. The van der Waals surface area contributed by atoms with Crippen molar-refractivity contribution in [2.45, 2.75) is 60.8 Å². The van der Waals surface area contributed by atoms with Crippen LogP contribution in [0.15, 0.2) is 0 Å². The third kappa shape index (κ3) is 17.5. The quantitative estimate of drug-likeness (QED) is 0.638. The lowest BCUT2D eigenvalue weighted by Gasteiger charge is -2.13. The van der Waals surface area contributed by atoms with Gasteiger partial charge >= 0.3 is 0 Å². The van der Waals surface area contributed by atoms with Gasteiger partial charge in [-0.15, -0.1) is 0 Å². The second-order valence-electron chi connectivity index (χ2n) is 2.65. The predicted molar refractivity (Wildman–Crippen MR) is 65.5 cm³/mol. The molecule has 0 aromatic carbocycles. The Morgan fingerprint density at radius 1 is 1.07 bits per heavy atom. The largest absolute Gasteiger partial charge is 0.346 e. The molecule has 0 bridgehead atoms. The van der Waals surface area contributed by atoms with E-state index < -0.39 is 0 Å². The van der Waals surface area contributed by atoms with Gasteiger partial charge in [0.1, 0.15) is 0 Å². The van der Waals surface area contributed by atoms with Gasteiger partial charge in [-0.1, -0.05) is 47.5 Å². The van der Waals surface area contributed by atoms with E-state index in [9.17, 15) is 4.79 Å². The molecule has 0 rings (SSSR count). The minimum atomic E-state index is 0.163. The van der Waals surface area contributed by atoms with Crippen LogP contribution in [0.1, 0.15) is 60.8 Å². The molecule has 0 heterocycles. The molecule has 1 amide bonds. The number of carbonyl (C=O) groups is 1. The van der Waals surface area contributed by atoms with Crippen molar-refractivity contribution in [1.29, 1.82) is 0 Å². The molecule has 88 valence electrons. The van der Waals surface area contributed by atoms with Crippen LogP contribution in [-0.2, 0) is 4.79 Å². The van der Waals surface area contributed by atoms with Crippen LogP contribution in [0.2, 0.25) is 0 Å². The Morgan fingerprint density at radius 3 is 1.79 bits per heavy atom. The Balaban J connectivity index is -0.000000266. The maximum Gasteiger partial charge on any atom is 0.219 e. The molecule has 0 saturated carbocycles. The van der Waals surface area contributed by atoms with Crippen LogP contribution in [0, 0.1) is 0 Å². The molecule has 0 fully saturated rings. The first-order valence-corrected chi connectivity index (χ1v) is 5.90. The predicted octanol–water partition coefficient (Wildman–Crippen LogP) is 3.71. The zero-order valence-corrected chi connectivity index (χ0v) is 11.2. The molecular formula is C12H29NO. The Labute approximate surface area is 90.7 Å². The molecule has 2 heteroatoms.